The van der Waals surface area contributed by atoms with Crippen LogP contribution in [0.2, 0.25) is 0 Å². The van der Waals surface area contributed by atoms with Gasteiger partial charge in [0.15, 0.2) is 0 Å². The van der Waals surface area contributed by atoms with E-state index in [4.69, 9.17) is 0 Å². The minimum absolute atomic E-state index is 0.00322. The summed E-state index contributed by atoms with van der Waals surface area (Å²) in [5.74, 6) is -0.802. The maximum Gasteiger partial charge on any atom is 0.269 e. The first-order valence-electron chi connectivity index (χ1n) is 8.39. The number of benzene rings is 2. The fourth-order valence-electron chi connectivity index (χ4n) is 3.08. The Morgan fingerprint density at radius 1 is 1.12 bits per heavy atom. The van der Waals surface area contributed by atoms with Crippen molar-refractivity contribution in [2.45, 2.75) is 25.2 Å². The van der Waals surface area contributed by atoms with Crippen molar-refractivity contribution in [1.82, 2.24) is 4.31 Å². The van der Waals surface area contributed by atoms with E-state index < -0.39 is 15.9 Å². The molecule has 0 fully saturated rings. The zero-order valence-electron chi connectivity index (χ0n) is 14.7. The maximum absolute atomic E-state index is 12.6. The number of hydrogen-bond donors (Lipinski definition) is 0. The number of amides is 2. The Bertz CT molecular complexity index is 969. The SMILES string of the molecule is CCN(C(=O)CCN1C(=O)c2ccccc2S1(=O)=O)c1cccc(C)c1. The van der Waals surface area contributed by atoms with E-state index in [0.29, 0.717) is 6.54 Å². The average molecular weight is 372 g/mol. The lowest BCUT2D eigenvalue weighted by molar-refractivity contribution is -0.118. The first-order valence-corrected chi connectivity index (χ1v) is 9.83. The van der Waals surface area contributed by atoms with Crippen molar-refractivity contribution in [3.05, 3.63) is 59.7 Å². The van der Waals surface area contributed by atoms with Gasteiger partial charge in [-0.05, 0) is 43.7 Å². The molecule has 7 heteroatoms. The Kier molecular flexibility index (Phi) is 4.82. The number of sulfonamides is 1. The first-order chi connectivity index (χ1) is 12.4. The van der Waals surface area contributed by atoms with Gasteiger partial charge in [-0.3, -0.25) is 9.59 Å². The van der Waals surface area contributed by atoms with Crippen LogP contribution >= 0.6 is 0 Å². The van der Waals surface area contributed by atoms with Crippen LogP contribution in [0, 0.1) is 6.92 Å². The summed E-state index contributed by atoms with van der Waals surface area (Å²) in [5.41, 5.74) is 1.95. The molecule has 2 amide bonds. The molecule has 6 nitrogen and oxygen atoms in total. The van der Waals surface area contributed by atoms with Gasteiger partial charge in [0.2, 0.25) is 5.91 Å². The van der Waals surface area contributed by atoms with Crippen molar-refractivity contribution in [3.63, 3.8) is 0 Å². The van der Waals surface area contributed by atoms with Crippen LogP contribution in [0.5, 0.6) is 0 Å². The van der Waals surface area contributed by atoms with Gasteiger partial charge in [-0.1, -0.05) is 24.3 Å². The molecule has 26 heavy (non-hydrogen) atoms. The highest BCUT2D eigenvalue weighted by Gasteiger charge is 2.40. The molecule has 0 saturated heterocycles. The summed E-state index contributed by atoms with van der Waals surface area (Å²) < 4.78 is 25.9. The van der Waals surface area contributed by atoms with Crippen molar-refractivity contribution >= 4 is 27.5 Å². The number of aryl methyl sites for hydroxylation is 1. The summed E-state index contributed by atoms with van der Waals surface area (Å²) in [6.07, 6.45) is -0.0687. The molecule has 0 spiro atoms. The van der Waals surface area contributed by atoms with Crippen LogP contribution < -0.4 is 4.90 Å². The van der Waals surface area contributed by atoms with Crippen molar-refractivity contribution in [2.75, 3.05) is 18.0 Å². The molecule has 1 heterocycles. The number of nitrogens with zero attached hydrogens (tertiary/aromatic N) is 2. The van der Waals surface area contributed by atoms with Gasteiger partial charge in [-0.2, -0.15) is 0 Å². The molecule has 1 aliphatic heterocycles. The summed E-state index contributed by atoms with van der Waals surface area (Å²) in [7, 11) is -3.88. The number of anilines is 1. The van der Waals surface area contributed by atoms with Gasteiger partial charge in [0.05, 0.1) is 5.56 Å². The largest absolute Gasteiger partial charge is 0.313 e. The van der Waals surface area contributed by atoms with Crippen LogP contribution in [0.15, 0.2) is 53.4 Å². The summed E-state index contributed by atoms with van der Waals surface area (Å²) in [6.45, 7) is 4.09. The third-order valence-corrected chi connectivity index (χ3v) is 6.21. The Labute approximate surface area is 153 Å². The molecule has 0 aromatic heterocycles. The fourth-order valence-corrected chi connectivity index (χ4v) is 4.65. The highest BCUT2D eigenvalue weighted by molar-refractivity contribution is 7.90. The van der Waals surface area contributed by atoms with E-state index in [1.807, 2.05) is 38.1 Å². The molecule has 0 unspecified atom stereocenters. The van der Waals surface area contributed by atoms with Gasteiger partial charge in [0.1, 0.15) is 4.90 Å². The Hall–Kier alpha value is -2.67. The van der Waals surface area contributed by atoms with E-state index >= 15 is 0 Å². The van der Waals surface area contributed by atoms with E-state index in [1.54, 1.807) is 17.0 Å². The Morgan fingerprint density at radius 2 is 1.85 bits per heavy atom. The maximum atomic E-state index is 12.6. The minimum atomic E-state index is -3.88. The number of carbonyl (C=O) groups excluding carboxylic acids is 2. The topological polar surface area (TPSA) is 74.8 Å². The summed E-state index contributed by atoms with van der Waals surface area (Å²) >= 11 is 0. The summed E-state index contributed by atoms with van der Waals surface area (Å²) in [4.78, 5) is 26.6. The zero-order valence-corrected chi connectivity index (χ0v) is 15.5. The fraction of sp³-hybridized carbons (Fsp3) is 0.263. The Balaban J connectivity index is 1.77. The van der Waals surface area contributed by atoms with Crippen molar-refractivity contribution in [3.8, 4) is 0 Å². The number of carbonyl (C=O) groups is 2. The lowest BCUT2D eigenvalue weighted by atomic mass is 10.2. The Morgan fingerprint density at radius 3 is 2.50 bits per heavy atom. The smallest absolute Gasteiger partial charge is 0.269 e. The monoisotopic (exact) mass is 372 g/mol. The second-order valence-corrected chi connectivity index (χ2v) is 7.94. The lowest BCUT2D eigenvalue weighted by Crippen LogP contribution is -2.37. The molecule has 1 aliphatic rings. The van der Waals surface area contributed by atoms with Crippen LogP contribution in [-0.4, -0.2) is 37.6 Å². The van der Waals surface area contributed by atoms with Crippen molar-refractivity contribution < 1.29 is 18.0 Å². The van der Waals surface area contributed by atoms with Crippen molar-refractivity contribution in [1.29, 1.82) is 0 Å². The normalized spacial score (nSPS) is 15.0. The zero-order chi connectivity index (χ0) is 18.9. The van der Waals surface area contributed by atoms with E-state index in [-0.39, 0.29) is 29.3 Å². The van der Waals surface area contributed by atoms with E-state index in [1.165, 1.54) is 12.1 Å². The van der Waals surface area contributed by atoms with Crippen LogP contribution in [0.4, 0.5) is 5.69 Å². The third kappa shape index (κ3) is 3.10. The van der Waals surface area contributed by atoms with Crippen LogP contribution in [-0.2, 0) is 14.8 Å². The second-order valence-electron chi connectivity index (χ2n) is 6.11. The van der Waals surface area contributed by atoms with Crippen LogP contribution in [0.3, 0.4) is 0 Å². The number of hydrogen-bond acceptors (Lipinski definition) is 4. The highest BCUT2D eigenvalue weighted by Crippen LogP contribution is 2.30. The third-order valence-electron chi connectivity index (χ3n) is 4.37. The second kappa shape index (κ2) is 6.92. The average Bonchev–Trinajstić information content (AvgIpc) is 2.81. The van der Waals surface area contributed by atoms with Gasteiger partial charge in [0, 0.05) is 25.2 Å². The molecule has 0 N–H and O–H groups in total. The molecule has 2 aromatic carbocycles. The summed E-state index contributed by atoms with van der Waals surface area (Å²) in [5, 5.41) is 0. The van der Waals surface area contributed by atoms with E-state index in [0.717, 1.165) is 15.6 Å². The lowest BCUT2D eigenvalue weighted by Gasteiger charge is -2.23. The molecule has 2 aromatic rings. The first kappa shape index (κ1) is 18.1. The van der Waals surface area contributed by atoms with Crippen molar-refractivity contribution in [2.24, 2.45) is 0 Å². The molecular weight excluding hydrogens is 352 g/mol. The molecule has 0 aliphatic carbocycles. The number of fused-ring (bicyclic) bond motifs is 1. The van der Waals surface area contributed by atoms with E-state index in [2.05, 4.69) is 0 Å². The highest BCUT2D eigenvalue weighted by atomic mass is 32.2. The van der Waals surface area contributed by atoms with Gasteiger partial charge in [-0.25, -0.2) is 12.7 Å². The van der Waals surface area contributed by atoms with E-state index in [9.17, 15) is 18.0 Å². The quantitative estimate of drug-likeness (QED) is 0.808. The molecule has 0 radical (unpaired) electrons. The molecular formula is C19H20N2O4S. The van der Waals surface area contributed by atoms with Crippen LogP contribution in [0.25, 0.3) is 0 Å². The molecule has 0 saturated carbocycles. The predicted octanol–water partition coefficient (Wildman–Crippen LogP) is 2.58. The van der Waals surface area contributed by atoms with Gasteiger partial charge in [-0.15, -0.1) is 0 Å². The van der Waals surface area contributed by atoms with Gasteiger partial charge in [0.25, 0.3) is 15.9 Å². The standard InChI is InChI=1S/C19H20N2O4S/c1-3-20(15-8-6-7-14(2)13-15)18(22)11-12-21-19(23)16-9-4-5-10-17(16)26(21,24)25/h4-10,13H,3,11-12H2,1-2H3. The summed E-state index contributed by atoms with van der Waals surface area (Å²) in [6, 6.07) is 13.6. The number of rotatable bonds is 5. The molecule has 136 valence electrons. The molecule has 0 atom stereocenters. The molecule has 3 rings (SSSR count). The van der Waals surface area contributed by atoms with Crippen LogP contribution in [0.1, 0.15) is 29.3 Å². The predicted molar refractivity (Wildman–Crippen MR) is 98.5 cm³/mol. The van der Waals surface area contributed by atoms with Gasteiger partial charge >= 0.3 is 0 Å². The minimum Gasteiger partial charge on any atom is -0.313 e. The van der Waals surface area contributed by atoms with Gasteiger partial charge < -0.3 is 4.90 Å². The molecule has 0 bridgehead atoms.